The molecule has 106 valence electrons. The van der Waals surface area contributed by atoms with E-state index in [1.54, 1.807) is 24.3 Å². The van der Waals surface area contributed by atoms with Crippen molar-refractivity contribution in [2.45, 2.75) is 26.7 Å². The third-order valence-corrected chi connectivity index (χ3v) is 3.31. The molecule has 0 aliphatic rings. The maximum absolute atomic E-state index is 12.3. The van der Waals surface area contributed by atoms with Crippen molar-refractivity contribution in [3.8, 4) is 11.8 Å². The van der Waals surface area contributed by atoms with Crippen molar-refractivity contribution < 1.29 is 9.53 Å². The lowest BCUT2D eigenvalue weighted by Crippen LogP contribution is -2.18. The fraction of sp³-hybridized carbons (Fsp3) is 0.222. The van der Waals surface area contributed by atoms with E-state index in [9.17, 15) is 10.1 Å². The van der Waals surface area contributed by atoms with Crippen LogP contribution in [0.3, 0.4) is 0 Å². The van der Waals surface area contributed by atoms with Gasteiger partial charge in [0.25, 0.3) is 0 Å². The van der Waals surface area contributed by atoms with Gasteiger partial charge in [0.15, 0.2) is 5.92 Å². The summed E-state index contributed by atoms with van der Waals surface area (Å²) in [5, 5.41) is 9.26. The van der Waals surface area contributed by atoms with Crippen molar-refractivity contribution in [2.24, 2.45) is 0 Å². The molecule has 3 heteroatoms. The van der Waals surface area contributed by atoms with Crippen molar-refractivity contribution in [3.05, 3.63) is 64.7 Å². The van der Waals surface area contributed by atoms with Gasteiger partial charge in [0, 0.05) is 0 Å². The number of aryl methyl sites for hydroxylation is 3. The zero-order chi connectivity index (χ0) is 15.4. The first-order valence-corrected chi connectivity index (χ1v) is 6.77. The Balaban J connectivity index is 2.28. The van der Waals surface area contributed by atoms with Gasteiger partial charge >= 0.3 is 5.97 Å². The van der Waals surface area contributed by atoms with E-state index in [4.69, 9.17) is 4.74 Å². The summed E-state index contributed by atoms with van der Waals surface area (Å²) < 4.78 is 5.48. The van der Waals surface area contributed by atoms with Gasteiger partial charge < -0.3 is 4.74 Å². The molecule has 0 saturated heterocycles. The van der Waals surface area contributed by atoms with E-state index in [0.717, 1.165) is 16.7 Å². The fourth-order valence-corrected chi connectivity index (χ4v) is 2.40. The normalized spacial score (nSPS) is 11.5. The fourth-order valence-electron chi connectivity index (χ4n) is 2.40. The third-order valence-electron chi connectivity index (χ3n) is 3.31. The quantitative estimate of drug-likeness (QED) is 0.634. The van der Waals surface area contributed by atoms with E-state index < -0.39 is 11.9 Å². The van der Waals surface area contributed by atoms with Gasteiger partial charge in [-0.1, -0.05) is 48.0 Å². The third kappa shape index (κ3) is 3.29. The van der Waals surface area contributed by atoms with E-state index in [-0.39, 0.29) is 0 Å². The highest BCUT2D eigenvalue weighted by Crippen LogP contribution is 2.27. The van der Waals surface area contributed by atoms with Gasteiger partial charge in [-0.3, -0.25) is 0 Å². The number of ether oxygens (including phenoxy) is 1. The Hall–Kier alpha value is -2.60. The van der Waals surface area contributed by atoms with Crippen molar-refractivity contribution in [2.75, 3.05) is 0 Å². The summed E-state index contributed by atoms with van der Waals surface area (Å²) in [4.78, 5) is 12.3. The Morgan fingerprint density at radius 2 is 1.67 bits per heavy atom. The number of rotatable bonds is 3. The van der Waals surface area contributed by atoms with Crippen molar-refractivity contribution in [1.29, 1.82) is 5.26 Å². The molecule has 0 aliphatic carbocycles. The van der Waals surface area contributed by atoms with Crippen LogP contribution in [0.2, 0.25) is 0 Å². The monoisotopic (exact) mass is 279 g/mol. The van der Waals surface area contributed by atoms with Crippen LogP contribution in [0.5, 0.6) is 5.75 Å². The molecular weight excluding hydrogens is 262 g/mol. The van der Waals surface area contributed by atoms with Gasteiger partial charge in [-0.25, -0.2) is 4.79 Å². The van der Waals surface area contributed by atoms with Crippen LogP contribution >= 0.6 is 0 Å². The smallest absolute Gasteiger partial charge is 0.333 e. The molecule has 0 N–H and O–H groups in total. The standard InChI is InChI=1S/C18H17NO2/c1-12-9-13(2)17(14(3)10-12)21-18(20)16(11-19)15-7-5-4-6-8-15/h4-10,16H,1-3H3. The molecule has 3 nitrogen and oxygen atoms in total. The molecule has 0 spiro atoms. The summed E-state index contributed by atoms with van der Waals surface area (Å²) in [7, 11) is 0. The number of nitrogens with zero attached hydrogens (tertiary/aromatic N) is 1. The average Bonchev–Trinajstić information content (AvgIpc) is 2.45. The maximum atomic E-state index is 12.3. The second-order valence-corrected chi connectivity index (χ2v) is 5.12. The van der Waals surface area contributed by atoms with Crippen LogP contribution in [0.15, 0.2) is 42.5 Å². The summed E-state index contributed by atoms with van der Waals surface area (Å²) in [5.41, 5.74) is 3.55. The van der Waals surface area contributed by atoms with Crippen LogP contribution in [0, 0.1) is 32.1 Å². The predicted molar refractivity (Wildman–Crippen MR) is 81.1 cm³/mol. The second-order valence-electron chi connectivity index (χ2n) is 5.12. The minimum Gasteiger partial charge on any atom is -0.425 e. The average molecular weight is 279 g/mol. The van der Waals surface area contributed by atoms with E-state index in [2.05, 4.69) is 0 Å². The van der Waals surface area contributed by atoms with Crippen LogP contribution < -0.4 is 4.74 Å². The molecule has 1 unspecified atom stereocenters. The van der Waals surface area contributed by atoms with Gasteiger partial charge in [-0.2, -0.15) is 5.26 Å². The maximum Gasteiger partial charge on any atom is 0.333 e. The number of hydrogen-bond acceptors (Lipinski definition) is 3. The van der Waals surface area contributed by atoms with Crippen LogP contribution in [-0.4, -0.2) is 5.97 Å². The first-order chi connectivity index (χ1) is 10.0. The summed E-state index contributed by atoms with van der Waals surface area (Å²) in [6.07, 6.45) is 0. The van der Waals surface area contributed by atoms with Crippen molar-refractivity contribution in [1.82, 2.24) is 0 Å². The number of carbonyl (C=O) groups is 1. The molecule has 1 atom stereocenters. The first-order valence-electron chi connectivity index (χ1n) is 6.77. The molecule has 0 amide bonds. The molecule has 0 aromatic heterocycles. The topological polar surface area (TPSA) is 50.1 Å². The molecular formula is C18H17NO2. The Labute approximate surface area is 124 Å². The molecule has 0 radical (unpaired) electrons. The molecule has 0 heterocycles. The van der Waals surface area contributed by atoms with Gasteiger partial charge in [0.2, 0.25) is 0 Å². The van der Waals surface area contributed by atoms with E-state index in [1.165, 1.54) is 0 Å². The summed E-state index contributed by atoms with van der Waals surface area (Å²) in [5.74, 6) is -0.910. The predicted octanol–water partition coefficient (Wildman–Crippen LogP) is 3.82. The molecule has 0 bridgehead atoms. The summed E-state index contributed by atoms with van der Waals surface area (Å²) >= 11 is 0. The van der Waals surface area contributed by atoms with Gasteiger partial charge in [0.05, 0.1) is 6.07 Å². The summed E-state index contributed by atoms with van der Waals surface area (Å²) in [6.45, 7) is 5.78. The second kappa shape index (κ2) is 6.23. The number of esters is 1. The molecule has 2 rings (SSSR count). The number of hydrogen-bond donors (Lipinski definition) is 0. The van der Waals surface area contributed by atoms with Crippen molar-refractivity contribution >= 4 is 5.97 Å². The SMILES string of the molecule is Cc1cc(C)c(OC(=O)C(C#N)c2ccccc2)c(C)c1. The van der Waals surface area contributed by atoms with Gasteiger partial charge in [-0.15, -0.1) is 0 Å². The van der Waals surface area contributed by atoms with Crippen LogP contribution in [0.4, 0.5) is 0 Å². The van der Waals surface area contributed by atoms with E-state index >= 15 is 0 Å². The molecule has 2 aromatic carbocycles. The zero-order valence-corrected chi connectivity index (χ0v) is 12.4. The highest BCUT2D eigenvalue weighted by atomic mass is 16.5. The number of carbonyl (C=O) groups excluding carboxylic acids is 1. The highest BCUT2D eigenvalue weighted by molar-refractivity contribution is 5.83. The van der Waals surface area contributed by atoms with Crippen LogP contribution in [0.1, 0.15) is 28.2 Å². The number of nitriles is 1. The highest BCUT2D eigenvalue weighted by Gasteiger charge is 2.23. The Morgan fingerprint density at radius 1 is 1.10 bits per heavy atom. The van der Waals surface area contributed by atoms with E-state index in [0.29, 0.717) is 11.3 Å². The van der Waals surface area contributed by atoms with Crippen LogP contribution in [0.25, 0.3) is 0 Å². The van der Waals surface area contributed by atoms with Gasteiger partial charge in [-0.05, 0) is 37.5 Å². The molecule has 21 heavy (non-hydrogen) atoms. The molecule has 0 saturated carbocycles. The Bertz CT molecular complexity index is 676. The molecule has 2 aromatic rings. The minimum absolute atomic E-state index is 0.543. The van der Waals surface area contributed by atoms with Crippen molar-refractivity contribution in [3.63, 3.8) is 0 Å². The Morgan fingerprint density at radius 3 is 2.19 bits per heavy atom. The lowest BCUT2D eigenvalue weighted by Gasteiger charge is -2.14. The Kier molecular flexibility index (Phi) is 4.39. The molecule has 0 fully saturated rings. The minimum atomic E-state index is -0.911. The lowest BCUT2D eigenvalue weighted by molar-refractivity contribution is -0.134. The number of benzene rings is 2. The zero-order valence-electron chi connectivity index (χ0n) is 12.4. The molecule has 0 aliphatic heterocycles. The summed E-state index contributed by atoms with van der Waals surface area (Å²) in [6, 6.07) is 14.9. The van der Waals surface area contributed by atoms with Gasteiger partial charge in [0.1, 0.15) is 5.75 Å². The lowest BCUT2D eigenvalue weighted by atomic mass is 10.0. The largest absolute Gasteiger partial charge is 0.425 e. The van der Waals surface area contributed by atoms with E-state index in [1.807, 2.05) is 45.0 Å². The van der Waals surface area contributed by atoms with Crippen LogP contribution in [-0.2, 0) is 4.79 Å². The first kappa shape index (κ1) is 14.8.